The van der Waals surface area contributed by atoms with Gasteiger partial charge in [0.15, 0.2) is 0 Å². The first kappa shape index (κ1) is 14.9. The smallest absolute Gasteiger partial charge is 0.241 e. The second kappa shape index (κ2) is 6.77. The lowest BCUT2D eigenvalue weighted by Gasteiger charge is -2.30. The molecular formula is C14H22N2OS2. The average molecular weight is 298 g/mol. The largest absolute Gasteiger partial charge is 0.319 e. The Balaban J connectivity index is 2.07. The van der Waals surface area contributed by atoms with Gasteiger partial charge in [-0.3, -0.25) is 10.1 Å². The molecule has 1 saturated heterocycles. The molecule has 1 aliphatic heterocycles. The van der Waals surface area contributed by atoms with E-state index in [1.54, 1.807) is 11.3 Å². The lowest BCUT2D eigenvalue weighted by molar-refractivity contribution is -0.131. The minimum absolute atomic E-state index is 0.0513. The van der Waals surface area contributed by atoms with Gasteiger partial charge in [0.25, 0.3) is 0 Å². The zero-order chi connectivity index (χ0) is 13.8. The molecule has 106 valence electrons. The Morgan fingerprint density at radius 1 is 1.58 bits per heavy atom. The zero-order valence-corrected chi connectivity index (χ0v) is 13.4. The molecule has 3 nitrogen and oxygen atoms in total. The van der Waals surface area contributed by atoms with E-state index >= 15 is 0 Å². The third kappa shape index (κ3) is 3.33. The summed E-state index contributed by atoms with van der Waals surface area (Å²) in [6.45, 7) is 6.29. The monoisotopic (exact) mass is 298 g/mol. The summed E-state index contributed by atoms with van der Waals surface area (Å²) in [5, 5.41) is 7.60. The van der Waals surface area contributed by atoms with E-state index in [-0.39, 0.29) is 24.2 Å². The molecule has 0 saturated carbocycles. The van der Waals surface area contributed by atoms with Crippen LogP contribution in [0.25, 0.3) is 0 Å². The highest BCUT2D eigenvalue weighted by Gasteiger charge is 2.39. The van der Waals surface area contributed by atoms with Crippen LogP contribution >= 0.6 is 23.1 Å². The van der Waals surface area contributed by atoms with Crippen molar-refractivity contribution >= 4 is 29.0 Å². The van der Waals surface area contributed by atoms with Crippen LogP contribution in [0.4, 0.5) is 0 Å². The Morgan fingerprint density at radius 2 is 2.37 bits per heavy atom. The Labute approximate surface area is 123 Å². The summed E-state index contributed by atoms with van der Waals surface area (Å²) in [4.78, 5) is 14.4. The van der Waals surface area contributed by atoms with Gasteiger partial charge >= 0.3 is 0 Å². The highest BCUT2D eigenvalue weighted by Crippen LogP contribution is 2.30. The van der Waals surface area contributed by atoms with Gasteiger partial charge in [-0.05, 0) is 54.2 Å². The van der Waals surface area contributed by atoms with Crippen LogP contribution in [0.3, 0.4) is 0 Å². The highest BCUT2D eigenvalue weighted by molar-refractivity contribution is 7.99. The summed E-state index contributed by atoms with van der Waals surface area (Å²) >= 11 is 3.62. The first-order valence-corrected chi connectivity index (χ1v) is 8.93. The molecule has 0 aliphatic carbocycles. The fourth-order valence-electron chi connectivity index (χ4n) is 2.44. The van der Waals surface area contributed by atoms with Crippen molar-refractivity contribution in [2.45, 2.75) is 45.4 Å². The molecular weight excluding hydrogens is 276 g/mol. The van der Waals surface area contributed by atoms with Crippen LogP contribution in [0.2, 0.25) is 0 Å². The average Bonchev–Trinajstić information content (AvgIpc) is 2.99. The molecule has 3 atom stereocenters. The highest BCUT2D eigenvalue weighted by atomic mass is 32.2. The Morgan fingerprint density at radius 3 is 3.00 bits per heavy atom. The van der Waals surface area contributed by atoms with Crippen molar-refractivity contribution in [1.82, 2.24) is 10.2 Å². The van der Waals surface area contributed by atoms with Crippen LogP contribution in [0.1, 0.15) is 38.9 Å². The third-order valence-electron chi connectivity index (χ3n) is 3.53. The molecule has 0 bridgehead atoms. The van der Waals surface area contributed by atoms with Gasteiger partial charge in [0.05, 0.1) is 6.04 Å². The van der Waals surface area contributed by atoms with E-state index in [4.69, 9.17) is 0 Å². The van der Waals surface area contributed by atoms with Crippen LogP contribution in [0.5, 0.6) is 0 Å². The lowest BCUT2D eigenvalue weighted by Crippen LogP contribution is -2.38. The molecule has 1 aliphatic rings. The summed E-state index contributed by atoms with van der Waals surface area (Å²) in [6, 6.07) is 2.31. The van der Waals surface area contributed by atoms with E-state index in [1.165, 1.54) is 5.56 Å². The van der Waals surface area contributed by atoms with E-state index in [2.05, 4.69) is 36.0 Å². The maximum Gasteiger partial charge on any atom is 0.241 e. The van der Waals surface area contributed by atoms with Gasteiger partial charge < -0.3 is 4.90 Å². The number of thiophene rings is 1. The fourth-order valence-corrected chi connectivity index (χ4v) is 3.91. The Hall–Kier alpha value is -0.520. The number of nitrogens with one attached hydrogen (secondary N) is 1. The van der Waals surface area contributed by atoms with Crippen molar-refractivity contribution in [3.8, 4) is 0 Å². The molecule has 0 aromatic carbocycles. The summed E-state index contributed by atoms with van der Waals surface area (Å²) in [6.07, 6.45) is 1.11. The number of hydrogen-bond acceptors (Lipinski definition) is 4. The second-order valence-corrected chi connectivity index (χ2v) is 7.10. The van der Waals surface area contributed by atoms with Gasteiger partial charge in [-0.15, -0.1) is 0 Å². The maximum atomic E-state index is 12.3. The zero-order valence-electron chi connectivity index (χ0n) is 11.8. The fraction of sp³-hybridized carbons (Fsp3) is 0.643. The van der Waals surface area contributed by atoms with E-state index in [0.29, 0.717) is 0 Å². The maximum absolute atomic E-state index is 12.3. The molecule has 2 rings (SSSR count). The standard InChI is InChI=1S/C14H22N2OS2/c1-4-18-7-5-10(2)16-13(12-6-8-19-9-12)15-11(3)14(16)17/h6,8-11,13,15H,4-5,7H2,1-3H3. The quantitative estimate of drug-likeness (QED) is 0.819. The number of hydrogen-bond donors (Lipinski definition) is 1. The van der Waals surface area contributed by atoms with Gasteiger partial charge in [-0.1, -0.05) is 6.92 Å². The summed E-state index contributed by atoms with van der Waals surface area (Å²) in [5.41, 5.74) is 1.21. The van der Waals surface area contributed by atoms with Crippen molar-refractivity contribution in [2.75, 3.05) is 11.5 Å². The van der Waals surface area contributed by atoms with Crippen molar-refractivity contribution < 1.29 is 4.79 Å². The summed E-state index contributed by atoms with van der Waals surface area (Å²) < 4.78 is 0. The lowest BCUT2D eigenvalue weighted by atomic mass is 10.1. The molecule has 1 fully saturated rings. The minimum Gasteiger partial charge on any atom is -0.319 e. The molecule has 1 aromatic heterocycles. The normalized spacial score (nSPS) is 25.0. The van der Waals surface area contributed by atoms with Gasteiger partial charge in [0.1, 0.15) is 6.17 Å². The molecule has 0 radical (unpaired) electrons. The number of thioether (sulfide) groups is 1. The molecule has 1 amide bonds. The Bertz CT molecular complexity index is 408. The number of amides is 1. The van der Waals surface area contributed by atoms with E-state index in [1.807, 2.05) is 23.6 Å². The number of rotatable bonds is 6. The Kier molecular flexibility index (Phi) is 5.30. The van der Waals surface area contributed by atoms with Crippen LogP contribution in [-0.2, 0) is 4.79 Å². The molecule has 2 heterocycles. The number of carbonyl (C=O) groups is 1. The second-order valence-electron chi connectivity index (χ2n) is 4.93. The number of carbonyl (C=O) groups excluding carboxylic acids is 1. The summed E-state index contributed by atoms with van der Waals surface area (Å²) in [7, 11) is 0. The van der Waals surface area contributed by atoms with Crippen molar-refractivity contribution in [2.24, 2.45) is 0 Å². The number of nitrogens with zero attached hydrogens (tertiary/aromatic N) is 1. The first-order chi connectivity index (χ1) is 9.15. The molecule has 0 spiro atoms. The molecule has 19 heavy (non-hydrogen) atoms. The van der Waals surface area contributed by atoms with Crippen LogP contribution in [0, 0.1) is 0 Å². The van der Waals surface area contributed by atoms with Gasteiger partial charge in [-0.25, -0.2) is 0 Å². The topological polar surface area (TPSA) is 32.3 Å². The minimum atomic E-state index is -0.0776. The van der Waals surface area contributed by atoms with Crippen LogP contribution in [0.15, 0.2) is 16.8 Å². The predicted molar refractivity (Wildman–Crippen MR) is 83.6 cm³/mol. The molecule has 1 N–H and O–H groups in total. The molecule has 3 unspecified atom stereocenters. The first-order valence-electron chi connectivity index (χ1n) is 6.83. The van der Waals surface area contributed by atoms with E-state index < -0.39 is 0 Å². The van der Waals surface area contributed by atoms with E-state index in [9.17, 15) is 4.79 Å². The van der Waals surface area contributed by atoms with Gasteiger partial charge in [0, 0.05) is 6.04 Å². The van der Waals surface area contributed by atoms with Crippen molar-refractivity contribution in [1.29, 1.82) is 0 Å². The SMILES string of the molecule is CCSCCC(C)N1C(=O)C(C)NC1c1ccsc1. The van der Waals surface area contributed by atoms with E-state index in [0.717, 1.165) is 17.9 Å². The van der Waals surface area contributed by atoms with Crippen LogP contribution in [-0.4, -0.2) is 34.4 Å². The third-order valence-corrected chi connectivity index (χ3v) is 5.16. The van der Waals surface area contributed by atoms with Crippen molar-refractivity contribution in [3.05, 3.63) is 22.4 Å². The summed E-state index contributed by atoms with van der Waals surface area (Å²) in [5.74, 6) is 2.49. The van der Waals surface area contributed by atoms with Crippen LogP contribution < -0.4 is 5.32 Å². The van der Waals surface area contributed by atoms with Crippen molar-refractivity contribution in [3.63, 3.8) is 0 Å². The molecule has 5 heteroatoms. The predicted octanol–water partition coefficient (Wildman–Crippen LogP) is 3.10. The molecule has 1 aromatic rings. The van der Waals surface area contributed by atoms with Gasteiger partial charge in [-0.2, -0.15) is 23.1 Å². The van der Waals surface area contributed by atoms with Gasteiger partial charge in [0.2, 0.25) is 5.91 Å².